The van der Waals surface area contributed by atoms with Crippen LogP contribution in [0.3, 0.4) is 0 Å². The van der Waals surface area contributed by atoms with E-state index < -0.39 is 5.97 Å². The summed E-state index contributed by atoms with van der Waals surface area (Å²) in [6.07, 6.45) is 3.56. The third-order valence-electron chi connectivity index (χ3n) is 5.14. The highest BCUT2D eigenvalue weighted by Crippen LogP contribution is 2.47. The van der Waals surface area contributed by atoms with Crippen molar-refractivity contribution in [3.8, 4) is 0 Å². The number of hydrogen-bond acceptors (Lipinski definition) is 4. The van der Waals surface area contributed by atoms with E-state index in [9.17, 15) is 9.59 Å². The van der Waals surface area contributed by atoms with Crippen LogP contribution in [0.2, 0.25) is 0 Å². The SMILES string of the molecule is O=C(O)c1ccc(C2(CNC(=O)c3cn(Cc4ccccc4)nn3)CC2)cc1. The van der Waals surface area contributed by atoms with E-state index in [1.807, 2.05) is 42.5 Å². The molecule has 0 bridgehead atoms. The lowest BCUT2D eigenvalue weighted by Gasteiger charge is -2.16. The van der Waals surface area contributed by atoms with Gasteiger partial charge in [-0.1, -0.05) is 47.7 Å². The van der Waals surface area contributed by atoms with Crippen LogP contribution in [0.1, 0.15) is 44.8 Å². The normalized spacial score (nSPS) is 14.4. The number of carbonyl (C=O) groups excluding carboxylic acids is 1. The van der Waals surface area contributed by atoms with E-state index in [1.165, 1.54) is 0 Å². The highest BCUT2D eigenvalue weighted by Gasteiger charge is 2.44. The number of hydrogen-bond donors (Lipinski definition) is 2. The summed E-state index contributed by atoms with van der Waals surface area (Å²) in [6.45, 7) is 1.05. The van der Waals surface area contributed by atoms with Crippen molar-refractivity contribution in [2.75, 3.05) is 6.54 Å². The molecular weight excluding hydrogens is 356 g/mol. The van der Waals surface area contributed by atoms with Gasteiger partial charge in [0.15, 0.2) is 5.69 Å². The maximum Gasteiger partial charge on any atom is 0.335 e. The largest absolute Gasteiger partial charge is 0.478 e. The number of carboxylic acids is 1. The molecule has 0 aliphatic heterocycles. The van der Waals surface area contributed by atoms with E-state index in [2.05, 4.69) is 15.6 Å². The molecule has 0 saturated heterocycles. The van der Waals surface area contributed by atoms with Crippen molar-refractivity contribution < 1.29 is 14.7 Å². The van der Waals surface area contributed by atoms with Crippen molar-refractivity contribution in [1.82, 2.24) is 20.3 Å². The van der Waals surface area contributed by atoms with Gasteiger partial charge in [0.05, 0.1) is 18.3 Å². The second-order valence-electron chi connectivity index (χ2n) is 7.13. The molecule has 1 amide bonds. The Balaban J connectivity index is 1.37. The Bertz CT molecular complexity index is 992. The minimum absolute atomic E-state index is 0.118. The van der Waals surface area contributed by atoms with Gasteiger partial charge in [0, 0.05) is 12.0 Å². The van der Waals surface area contributed by atoms with Crippen LogP contribution < -0.4 is 5.32 Å². The minimum atomic E-state index is -0.941. The Hall–Kier alpha value is -3.48. The number of nitrogens with zero attached hydrogens (tertiary/aromatic N) is 3. The van der Waals surface area contributed by atoms with Gasteiger partial charge in [0.1, 0.15) is 0 Å². The first-order chi connectivity index (χ1) is 13.6. The molecule has 1 saturated carbocycles. The Morgan fingerprint density at radius 2 is 1.79 bits per heavy atom. The molecule has 28 heavy (non-hydrogen) atoms. The van der Waals surface area contributed by atoms with Gasteiger partial charge in [-0.2, -0.15) is 0 Å². The summed E-state index contributed by atoms with van der Waals surface area (Å²) in [4.78, 5) is 23.4. The van der Waals surface area contributed by atoms with Crippen LogP contribution in [-0.2, 0) is 12.0 Å². The van der Waals surface area contributed by atoms with Crippen LogP contribution in [0.25, 0.3) is 0 Å². The second kappa shape index (κ2) is 7.26. The molecule has 0 radical (unpaired) electrons. The highest BCUT2D eigenvalue weighted by atomic mass is 16.4. The zero-order chi connectivity index (χ0) is 19.6. The van der Waals surface area contributed by atoms with Crippen LogP contribution >= 0.6 is 0 Å². The van der Waals surface area contributed by atoms with Crippen molar-refractivity contribution in [3.63, 3.8) is 0 Å². The van der Waals surface area contributed by atoms with E-state index in [4.69, 9.17) is 5.11 Å². The van der Waals surface area contributed by atoms with Crippen LogP contribution in [0.15, 0.2) is 60.8 Å². The smallest absolute Gasteiger partial charge is 0.335 e. The summed E-state index contributed by atoms with van der Waals surface area (Å²) in [7, 11) is 0. The van der Waals surface area contributed by atoms with Crippen molar-refractivity contribution >= 4 is 11.9 Å². The number of rotatable bonds is 7. The topological polar surface area (TPSA) is 97.1 Å². The molecule has 1 aliphatic rings. The lowest BCUT2D eigenvalue weighted by atomic mass is 9.95. The maximum atomic E-state index is 12.5. The van der Waals surface area contributed by atoms with Gasteiger partial charge in [-0.25, -0.2) is 9.48 Å². The first-order valence-corrected chi connectivity index (χ1v) is 9.12. The van der Waals surface area contributed by atoms with E-state index >= 15 is 0 Å². The summed E-state index contributed by atoms with van der Waals surface area (Å²) >= 11 is 0. The predicted molar refractivity (Wildman–Crippen MR) is 102 cm³/mol. The van der Waals surface area contributed by atoms with Crippen LogP contribution in [0.5, 0.6) is 0 Å². The van der Waals surface area contributed by atoms with E-state index in [0.717, 1.165) is 24.0 Å². The summed E-state index contributed by atoms with van der Waals surface area (Å²) in [5, 5.41) is 20.0. The first kappa shape index (κ1) is 17.9. The molecule has 1 aromatic heterocycles. The Kier molecular flexibility index (Phi) is 4.65. The van der Waals surface area contributed by atoms with Crippen molar-refractivity contribution in [2.24, 2.45) is 0 Å². The van der Waals surface area contributed by atoms with Crippen molar-refractivity contribution in [1.29, 1.82) is 0 Å². The molecule has 2 N–H and O–H groups in total. The third-order valence-corrected chi connectivity index (χ3v) is 5.14. The predicted octanol–water partition coefficient (Wildman–Crippen LogP) is 2.49. The summed E-state index contributed by atoms with van der Waals surface area (Å²) in [5.41, 5.74) is 2.56. The number of aromatic carboxylic acids is 1. The fourth-order valence-corrected chi connectivity index (χ4v) is 3.27. The van der Waals surface area contributed by atoms with Crippen LogP contribution in [0, 0.1) is 0 Å². The quantitative estimate of drug-likeness (QED) is 0.660. The van der Waals surface area contributed by atoms with Crippen LogP contribution in [0.4, 0.5) is 0 Å². The molecular formula is C21H20N4O3. The molecule has 7 nitrogen and oxygen atoms in total. The molecule has 0 unspecified atom stereocenters. The summed E-state index contributed by atoms with van der Waals surface area (Å²) in [6, 6.07) is 16.7. The van der Waals surface area contributed by atoms with Gasteiger partial charge in [-0.3, -0.25) is 4.79 Å². The Labute approximate surface area is 162 Å². The fourth-order valence-electron chi connectivity index (χ4n) is 3.27. The number of aromatic nitrogens is 3. The molecule has 3 aromatic rings. The Morgan fingerprint density at radius 1 is 1.07 bits per heavy atom. The number of nitrogens with one attached hydrogen (secondary N) is 1. The van der Waals surface area contributed by atoms with E-state index in [-0.39, 0.29) is 22.6 Å². The van der Waals surface area contributed by atoms with Gasteiger partial charge in [-0.05, 0) is 36.1 Å². The van der Waals surface area contributed by atoms with Gasteiger partial charge in [-0.15, -0.1) is 5.10 Å². The molecule has 142 valence electrons. The molecule has 0 atom stereocenters. The molecule has 1 heterocycles. The zero-order valence-electron chi connectivity index (χ0n) is 15.2. The number of carbonyl (C=O) groups is 2. The lowest BCUT2D eigenvalue weighted by Crippen LogP contribution is -2.32. The number of benzene rings is 2. The first-order valence-electron chi connectivity index (χ1n) is 9.12. The Morgan fingerprint density at radius 3 is 2.43 bits per heavy atom. The van der Waals surface area contributed by atoms with E-state index in [0.29, 0.717) is 13.1 Å². The fraction of sp³-hybridized carbons (Fsp3) is 0.238. The average molecular weight is 376 g/mol. The molecule has 4 rings (SSSR count). The molecule has 0 spiro atoms. The van der Waals surface area contributed by atoms with Crippen molar-refractivity contribution in [3.05, 3.63) is 83.2 Å². The number of amides is 1. The highest BCUT2D eigenvalue weighted by molar-refractivity contribution is 5.92. The molecule has 7 heteroatoms. The van der Waals surface area contributed by atoms with E-state index in [1.54, 1.807) is 23.0 Å². The second-order valence-corrected chi connectivity index (χ2v) is 7.13. The van der Waals surface area contributed by atoms with Gasteiger partial charge >= 0.3 is 5.97 Å². The summed E-state index contributed by atoms with van der Waals surface area (Å²) < 4.78 is 1.64. The number of carboxylic acid groups (broad SMARTS) is 1. The minimum Gasteiger partial charge on any atom is -0.478 e. The molecule has 1 fully saturated rings. The van der Waals surface area contributed by atoms with Gasteiger partial charge in [0.2, 0.25) is 0 Å². The molecule has 1 aliphatic carbocycles. The zero-order valence-corrected chi connectivity index (χ0v) is 15.2. The lowest BCUT2D eigenvalue weighted by molar-refractivity contribution is 0.0696. The third kappa shape index (κ3) is 3.78. The van der Waals surface area contributed by atoms with Crippen molar-refractivity contribution in [2.45, 2.75) is 24.8 Å². The summed E-state index contributed by atoms with van der Waals surface area (Å²) in [5.74, 6) is -1.20. The van der Waals surface area contributed by atoms with Crippen LogP contribution in [-0.4, -0.2) is 38.5 Å². The van der Waals surface area contributed by atoms with Gasteiger partial charge < -0.3 is 10.4 Å². The average Bonchev–Trinajstić information content (AvgIpc) is 3.37. The van der Waals surface area contributed by atoms with Gasteiger partial charge in [0.25, 0.3) is 5.91 Å². The molecule has 2 aromatic carbocycles. The monoisotopic (exact) mass is 376 g/mol. The maximum absolute atomic E-state index is 12.5. The standard InChI is InChI=1S/C21H20N4O3/c26-19(18-13-25(24-23-18)12-15-4-2-1-3-5-15)22-14-21(10-11-21)17-8-6-16(7-9-17)20(27)28/h1-9,13H,10-12,14H2,(H,22,26)(H,27,28).